The summed E-state index contributed by atoms with van der Waals surface area (Å²) in [4.78, 5) is 0. The van der Waals surface area contributed by atoms with Gasteiger partial charge < -0.3 is 9.47 Å². The molecule has 4 heteroatoms. The number of hydrogen-bond acceptors (Lipinski definition) is 4. The predicted octanol–water partition coefficient (Wildman–Crippen LogP) is 4.79. The van der Waals surface area contributed by atoms with Gasteiger partial charge in [0.2, 0.25) is 0 Å². The van der Waals surface area contributed by atoms with Crippen molar-refractivity contribution < 1.29 is 9.47 Å². The smallest absolute Gasteiger partial charge is 0.0892 e. The van der Waals surface area contributed by atoms with Crippen molar-refractivity contribution in [2.75, 3.05) is 26.9 Å². The van der Waals surface area contributed by atoms with Gasteiger partial charge in [0.05, 0.1) is 30.6 Å². The first kappa shape index (κ1) is 21.2. The Labute approximate surface area is 149 Å². The van der Waals surface area contributed by atoms with Gasteiger partial charge in [0.1, 0.15) is 0 Å². The second kappa shape index (κ2) is 11.6. The molecule has 140 valence electrons. The number of nitrogens with zero attached hydrogens (tertiary/aromatic N) is 2. The topological polar surface area (TPSA) is 34.1 Å². The van der Waals surface area contributed by atoms with E-state index in [0.717, 1.165) is 44.4 Å². The molecule has 0 aromatic heterocycles. The van der Waals surface area contributed by atoms with Crippen molar-refractivity contribution in [3.05, 3.63) is 12.2 Å². The Morgan fingerprint density at radius 1 is 1.21 bits per heavy atom. The maximum absolute atomic E-state index is 5.95. The van der Waals surface area contributed by atoms with Crippen LogP contribution < -0.4 is 0 Å². The second-order valence-corrected chi connectivity index (χ2v) is 6.59. The molecule has 0 N–H and O–H groups in total. The summed E-state index contributed by atoms with van der Waals surface area (Å²) >= 11 is 0. The van der Waals surface area contributed by atoms with Crippen LogP contribution in [0.15, 0.2) is 17.3 Å². The maximum Gasteiger partial charge on any atom is 0.0892 e. The van der Waals surface area contributed by atoms with Gasteiger partial charge in [-0.2, -0.15) is 5.10 Å². The average molecular weight is 339 g/mol. The molecule has 1 aliphatic rings. The van der Waals surface area contributed by atoms with Gasteiger partial charge in [0.15, 0.2) is 0 Å². The van der Waals surface area contributed by atoms with E-state index >= 15 is 0 Å². The summed E-state index contributed by atoms with van der Waals surface area (Å²) in [6.07, 6.45) is 11.9. The molecule has 0 saturated carbocycles. The van der Waals surface area contributed by atoms with Crippen LogP contribution in [0.1, 0.15) is 72.6 Å². The molecule has 1 aliphatic heterocycles. The summed E-state index contributed by atoms with van der Waals surface area (Å²) in [6, 6.07) is 0.378. The molecule has 1 heterocycles. The van der Waals surface area contributed by atoms with Gasteiger partial charge in [-0.05, 0) is 38.5 Å². The Kier molecular flexibility index (Phi) is 10.3. The van der Waals surface area contributed by atoms with Crippen molar-refractivity contribution in [1.29, 1.82) is 0 Å². The zero-order chi connectivity index (χ0) is 17.8. The minimum atomic E-state index is -0.0808. The Morgan fingerprint density at radius 3 is 2.54 bits per heavy atom. The lowest BCUT2D eigenvalue weighted by Gasteiger charge is -2.40. The SMILES string of the molecule is CCC/C=C/COC/C(CC)=N/N1CCC[C@H]1C(CC)(CC)OC. The number of methoxy groups -OCH3 is 1. The van der Waals surface area contributed by atoms with Crippen LogP contribution in [0, 0.1) is 0 Å². The highest BCUT2D eigenvalue weighted by Crippen LogP contribution is 2.34. The van der Waals surface area contributed by atoms with Crippen molar-refractivity contribution in [3.8, 4) is 0 Å². The number of rotatable bonds is 12. The van der Waals surface area contributed by atoms with Crippen molar-refractivity contribution >= 4 is 5.71 Å². The van der Waals surface area contributed by atoms with Gasteiger partial charge in [-0.3, -0.25) is 5.01 Å². The summed E-state index contributed by atoms with van der Waals surface area (Å²) in [7, 11) is 1.85. The van der Waals surface area contributed by atoms with Crippen LogP contribution in [0.25, 0.3) is 0 Å². The van der Waals surface area contributed by atoms with Crippen molar-refractivity contribution in [2.24, 2.45) is 5.10 Å². The summed E-state index contributed by atoms with van der Waals surface area (Å²) in [5.74, 6) is 0. The van der Waals surface area contributed by atoms with Crippen LogP contribution >= 0.6 is 0 Å². The minimum Gasteiger partial charge on any atom is -0.376 e. The van der Waals surface area contributed by atoms with E-state index in [-0.39, 0.29) is 5.60 Å². The normalized spacial score (nSPS) is 19.6. The summed E-state index contributed by atoms with van der Waals surface area (Å²) in [6.45, 7) is 11.1. The van der Waals surface area contributed by atoms with Gasteiger partial charge in [-0.25, -0.2) is 0 Å². The number of unbranched alkanes of at least 4 members (excludes halogenated alkanes) is 1. The fraction of sp³-hybridized carbons (Fsp3) is 0.850. The molecule has 1 fully saturated rings. The van der Waals surface area contributed by atoms with E-state index < -0.39 is 0 Å². The summed E-state index contributed by atoms with van der Waals surface area (Å²) in [5, 5.41) is 7.21. The van der Waals surface area contributed by atoms with Crippen molar-refractivity contribution in [2.45, 2.75) is 84.3 Å². The maximum atomic E-state index is 5.95. The highest BCUT2D eigenvalue weighted by atomic mass is 16.5. The second-order valence-electron chi connectivity index (χ2n) is 6.59. The quantitative estimate of drug-likeness (QED) is 0.291. The van der Waals surface area contributed by atoms with E-state index in [2.05, 4.69) is 44.9 Å². The van der Waals surface area contributed by atoms with Crippen LogP contribution in [-0.4, -0.2) is 49.2 Å². The van der Waals surface area contributed by atoms with Crippen LogP contribution in [0.5, 0.6) is 0 Å². The van der Waals surface area contributed by atoms with Gasteiger partial charge in [0.25, 0.3) is 0 Å². The number of ether oxygens (including phenoxy) is 2. The molecule has 1 rings (SSSR count). The van der Waals surface area contributed by atoms with E-state index in [9.17, 15) is 0 Å². The molecule has 24 heavy (non-hydrogen) atoms. The van der Waals surface area contributed by atoms with Gasteiger partial charge >= 0.3 is 0 Å². The standard InChI is InChI=1S/C20H38N2O2/c1-6-10-11-12-16-24-17-18(7-2)21-22-15-13-14-19(22)20(8-3,9-4)23-5/h11-12,19H,6-10,13-17H2,1-5H3/b12-11+,21-18+/t19-/m0/s1. The Balaban J connectivity index is 2.65. The average Bonchev–Trinajstić information content (AvgIpc) is 3.08. The molecule has 4 nitrogen and oxygen atoms in total. The van der Waals surface area contributed by atoms with Crippen LogP contribution in [0.3, 0.4) is 0 Å². The lowest BCUT2D eigenvalue weighted by atomic mass is 9.87. The predicted molar refractivity (Wildman–Crippen MR) is 103 cm³/mol. The molecule has 0 spiro atoms. The van der Waals surface area contributed by atoms with Gasteiger partial charge in [-0.15, -0.1) is 0 Å². The molecule has 0 aliphatic carbocycles. The van der Waals surface area contributed by atoms with E-state index in [0.29, 0.717) is 19.3 Å². The molecular formula is C20H38N2O2. The lowest BCUT2D eigenvalue weighted by molar-refractivity contribution is -0.0733. The molecule has 0 bridgehead atoms. The lowest BCUT2D eigenvalue weighted by Crippen LogP contribution is -2.49. The largest absolute Gasteiger partial charge is 0.376 e. The van der Waals surface area contributed by atoms with Gasteiger partial charge in [0, 0.05) is 13.7 Å². The number of hydrogen-bond donors (Lipinski definition) is 0. The van der Waals surface area contributed by atoms with E-state index in [1.807, 2.05) is 7.11 Å². The molecule has 0 unspecified atom stereocenters. The summed E-state index contributed by atoms with van der Waals surface area (Å²) < 4.78 is 11.7. The molecule has 0 radical (unpaired) electrons. The van der Waals surface area contributed by atoms with Crippen LogP contribution in [0.4, 0.5) is 0 Å². The monoisotopic (exact) mass is 338 g/mol. The Morgan fingerprint density at radius 2 is 1.96 bits per heavy atom. The first-order valence-electron chi connectivity index (χ1n) is 9.78. The third-order valence-electron chi connectivity index (χ3n) is 5.22. The van der Waals surface area contributed by atoms with Crippen molar-refractivity contribution in [1.82, 2.24) is 5.01 Å². The van der Waals surface area contributed by atoms with Crippen LogP contribution in [-0.2, 0) is 9.47 Å². The Hall–Kier alpha value is -0.870. The first-order valence-corrected chi connectivity index (χ1v) is 9.78. The molecule has 0 aromatic carbocycles. The molecule has 1 atom stereocenters. The zero-order valence-electron chi connectivity index (χ0n) is 16.5. The van der Waals surface area contributed by atoms with E-state index in [1.165, 1.54) is 12.8 Å². The number of hydrazone groups is 1. The van der Waals surface area contributed by atoms with Gasteiger partial charge in [-0.1, -0.05) is 46.3 Å². The van der Waals surface area contributed by atoms with E-state index in [4.69, 9.17) is 14.6 Å². The highest BCUT2D eigenvalue weighted by Gasteiger charge is 2.42. The molecule has 0 amide bonds. The fourth-order valence-corrected chi connectivity index (χ4v) is 3.53. The highest BCUT2D eigenvalue weighted by molar-refractivity contribution is 5.85. The Bertz CT molecular complexity index is 381. The summed E-state index contributed by atoms with van der Waals surface area (Å²) in [5.41, 5.74) is 1.05. The minimum absolute atomic E-state index is 0.0808. The number of allylic oxidation sites excluding steroid dienone is 1. The zero-order valence-corrected chi connectivity index (χ0v) is 16.5. The van der Waals surface area contributed by atoms with E-state index in [1.54, 1.807) is 0 Å². The molecule has 0 aromatic rings. The van der Waals surface area contributed by atoms with Crippen molar-refractivity contribution in [3.63, 3.8) is 0 Å². The molecule has 1 saturated heterocycles. The third-order valence-corrected chi connectivity index (χ3v) is 5.22. The first-order chi connectivity index (χ1) is 11.7. The third kappa shape index (κ3) is 5.89. The van der Waals surface area contributed by atoms with Crippen LogP contribution in [0.2, 0.25) is 0 Å². The molecular weight excluding hydrogens is 300 g/mol. The fourth-order valence-electron chi connectivity index (χ4n) is 3.53.